The second-order valence-electron chi connectivity index (χ2n) is 10.9. The van der Waals surface area contributed by atoms with Crippen LogP contribution in [0.2, 0.25) is 88.6 Å². The third-order valence-corrected chi connectivity index (χ3v) is 31.0. The summed E-state index contributed by atoms with van der Waals surface area (Å²) < 4.78 is 34.7. The van der Waals surface area contributed by atoms with Crippen LogP contribution >= 0.6 is 0 Å². The van der Waals surface area contributed by atoms with E-state index in [0.29, 0.717) is 0 Å². The van der Waals surface area contributed by atoms with Gasteiger partial charge in [-0.1, -0.05) is 41.5 Å². The molecule has 0 aliphatic carbocycles. The predicted molar refractivity (Wildman–Crippen MR) is 150 cm³/mol. The van der Waals surface area contributed by atoms with Gasteiger partial charge in [0.25, 0.3) is 0 Å². The van der Waals surface area contributed by atoms with Gasteiger partial charge in [-0.05, 0) is 75.5 Å². The van der Waals surface area contributed by atoms with Crippen LogP contribution in [-0.2, 0) is 20.6 Å². The van der Waals surface area contributed by atoms with Crippen LogP contribution in [-0.4, -0.2) is 50.9 Å². The predicted octanol–water partition coefficient (Wildman–Crippen LogP) is 7.89. The highest BCUT2D eigenvalue weighted by Gasteiger charge is 2.55. The molecule has 31 heavy (non-hydrogen) atoms. The van der Waals surface area contributed by atoms with Crippen LogP contribution in [0.3, 0.4) is 0 Å². The summed E-state index contributed by atoms with van der Waals surface area (Å²) in [5.41, 5.74) is 0. The van der Waals surface area contributed by atoms with Gasteiger partial charge in [0.05, 0.1) is 0 Å². The molecular formula is C20H54O5Si6. The third-order valence-electron chi connectivity index (χ3n) is 6.02. The van der Waals surface area contributed by atoms with Crippen LogP contribution in [0.1, 0.15) is 41.5 Å². The Morgan fingerprint density at radius 2 is 0.581 bits per heavy atom. The van der Waals surface area contributed by atoms with Gasteiger partial charge in [-0.25, -0.2) is 0 Å². The minimum atomic E-state index is -2.98. The number of hydrogen-bond donors (Lipinski definition) is 0. The average Bonchev–Trinajstić information content (AvgIpc) is 2.61. The maximum atomic E-state index is 7.05. The number of hydrogen-bond acceptors (Lipinski definition) is 5. The zero-order valence-electron chi connectivity index (χ0n) is 23.3. The minimum absolute atomic E-state index is 1.08. The Morgan fingerprint density at radius 1 is 0.355 bits per heavy atom. The lowest BCUT2D eigenvalue weighted by Gasteiger charge is -2.47. The first-order chi connectivity index (χ1) is 13.9. The van der Waals surface area contributed by atoms with E-state index in [1.165, 1.54) is 0 Å². The Balaban J connectivity index is 6.36. The van der Waals surface area contributed by atoms with Crippen LogP contribution in [0.4, 0.5) is 0 Å². The molecular weight excluding hydrogens is 489 g/mol. The maximum Gasteiger partial charge on any atom is 0.469 e. The fourth-order valence-electron chi connectivity index (χ4n) is 4.29. The normalized spacial score (nSPS) is 18.0. The molecule has 188 valence electrons. The molecule has 0 rings (SSSR count). The molecule has 0 heterocycles. The van der Waals surface area contributed by atoms with Crippen molar-refractivity contribution in [2.45, 2.75) is 130 Å². The molecule has 0 aliphatic heterocycles. The highest BCUT2D eigenvalue weighted by Crippen LogP contribution is 2.35. The van der Waals surface area contributed by atoms with E-state index in [1.807, 2.05) is 0 Å². The molecule has 0 amide bonds. The van der Waals surface area contributed by atoms with Gasteiger partial charge in [0.15, 0.2) is 33.3 Å². The Morgan fingerprint density at radius 3 is 0.742 bits per heavy atom. The molecule has 5 nitrogen and oxygen atoms in total. The molecule has 0 aromatic heterocycles. The summed E-state index contributed by atoms with van der Waals surface area (Å²) in [4.78, 5) is 0. The molecule has 0 aliphatic rings. The van der Waals surface area contributed by atoms with Crippen molar-refractivity contribution in [3.63, 3.8) is 0 Å². The Labute approximate surface area is 201 Å². The lowest BCUT2D eigenvalue weighted by Crippen LogP contribution is -2.66. The quantitative estimate of drug-likeness (QED) is 0.186. The molecule has 0 bridgehead atoms. The fraction of sp³-hybridized carbons (Fsp3) is 1.00. The zero-order valence-corrected chi connectivity index (χ0v) is 29.3. The molecule has 11 heteroatoms. The summed E-state index contributed by atoms with van der Waals surface area (Å²) >= 11 is 0. The summed E-state index contributed by atoms with van der Waals surface area (Å²) in [6, 6.07) is 6.46. The standard InChI is InChI=1S/C20H54O5Si6/c1-15-30(16-2,17-3)24-28(13,21-26(7,8)9)23-29(14,22-27(10,11)12)25-31(18-4,19-5)20-6/h15-20H2,1-14H3. The molecule has 0 saturated carbocycles. The Bertz CT molecular complexity index is 469. The van der Waals surface area contributed by atoms with Crippen molar-refractivity contribution in [3.8, 4) is 0 Å². The molecule has 0 radical (unpaired) electrons. The van der Waals surface area contributed by atoms with E-state index in [0.717, 1.165) is 36.3 Å². The second kappa shape index (κ2) is 12.2. The maximum absolute atomic E-state index is 7.05. The van der Waals surface area contributed by atoms with Gasteiger partial charge in [-0.2, -0.15) is 0 Å². The van der Waals surface area contributed by atoms with Gasteiger partial charge in [-0.15, -0.1) is 0 Å². The van der Waals surface area contributed by atoms with E-state index in [4.69, 9.17) is 20.6 Å². The van der Waals surface area contributed by atoms with Crippen molar-refractivity contribution >= 4 is 50.9 Å². The molecule has 0 N–H and O–H groups in total. The summed E-state index contributed by atoms with van der Waals surface area (Å²) in [6.45, 7) is 31.1. The van der Waals surface area contributed by atoms with E-state index >= 15 is 0 Å². The van der Waals surface area contributed by atoms with E-state index in [1.54, 1.807) is 0 Å². The van der Waals surface area contributed by atoms with Crippen molar-refractivity contribution in [1.29, 1.82) is 0 Å². The first-order valence-electron chi connectivity index (χ1n) is 12.4. The van der Waals surface area contributed by atoms with E-state index in [2.05, 4.69) is 93.9 Å². The van der Waals surface area contributed by atoms with Crippen LogP contribution in [0.15, 0.2) is 0 Å². The molecule has 0 saturated heterocycles. The highest BCUT2D eigenvalue weighted by molar-refractivity contribution is 6.93. The minimum Gasteiger partial charge on any atom is -0.417 e. The van der Waals surface area contributed by atoms with Crippen molar-refractivity contribution < 1.29 is 20.6 Å². The third kappa shape index (κ3) is 10.9. The average molecular weight is 543 g/mol. The molecule has 0 spiro atoms. The number of rotatable bonds is 16. The van der Waals surface area contributed by atoms with Crippen molar-refractivity contribution in [2.24, 2.45) is 0 Å². The van der Waals surface area contributed by atoms with Gasteiger partial charge in [0.2, 0.25) is 0 Å². The van der Waals surface area contributed by atoms with Crippen molar-refractivity contribution in [1.82, 2.24) is 0 Å². The van der Waals surface area contributed by atoms with Crippen LogP contribution < -0.4 is 0 Å². The van der Waals surface area contributed by atoms with Gasteiger partial charge in [0.1, 0.15) is 0 Å². The molecule has 0 aromatic carbocycles. The van der Waals surface area contributed by atoms with Crippen LogP contribution in [0.5, 0.6) is 0 Å². The van der Waals surface area contributed by atoms with Gasteiger partial charge >= 0.3 is 17.6 Å². The zero-order chi connectivity index (χ0) is 24.8. The van der Waals surface area contributed by atoms with Gasteiger partial charge in [0, 0.05) is 13.1 Å². The Hall–Kier alpha value is 1.10. The molecule has 2 atom stereocenters. The first kappa shape index (κ1) is 32.1. The molecule has 0 aromatic rings. The van der Waals surface area contributed by atoms with E-state index in [-0.39, 0.29) is 0 Å². The highest BCUT2D eigenvalue weighted by atomic mass is 28.5. The summed E-state index contributed by atoms with van der Waals surface area (Å²) in [5, 5.41) is 0. The van der Waals surface area contributed by atoms with Gasteiger partial charge in [-0.3, -0.25) is 0 Å². The fourth-order valence-corrected chi connectivity index (χ4v) is 31.9. The van der Waals surface area contributed by atoms with Crippen LogP contribution in [0.25, 0.3) is 0 Å². The first-order valence-corrected chi connectivity index (χ1v) is 28.7. The Kier molecular flexibility index (Phi) is 12.6. The molecule has 0 fully saturated rings. The lowest BCUT2D eigenvalue weighted by atomic mass is 10.9. The topological polar surface area (TPSA) is 46.2 Å². The summed E-state index contributed by atoms with van der Waals surface area (Å²) in [5.74, 6) is 0. The van der Waals surface area contributed by atoms with Gasteiger partial charge < -0.3 is 20.6 Å². The second-order valence-corrected chi connectivity index (χ2v) is 35.9. The largest absolute Gasteiger partial charge is 0.469 e. The SMILES string of the molecule is CC[Si](CC)(CC)O[Si](C)(O[Si](C)(C)C)O[Si](C)(O[Si](C)(C)C)O[Si](CC)(CC)CC. The summed E-state index contributed by atoms with van der Waals surface area (Å²) in [7, 11) is -13.6. The van der Waals surface area contributed by atoms with Crippen molar-refractivity contribution in [2.75, 3.05) is 0 Å². The summed E-state index contributed by atoms with van der Waals surface area (Å²) in [6.07, 6.45) is 0. The molecule has 2 unspecified atom stereocenters. The van der Waals surface area contributed by atoms with Crippen molar-refractivity contribution in [3.05, 3.63) is 0 Å². The van der Waals surface area contributed by atoms with Crippen LogP contribution in [0, 0.1) is 0 Å². The smallest absolute Gasteiger partial charge is 0.417 e. The van der Waals surface area contributed by atoms with E-state index in [9.17, 15) is 0 Å². The van der Waals surface area contributed by atoms with E-state index < -0.39 is 50.9 Å². The monoisotopic (exact) mass is 542 g/mol. The lowest BCUT2D eigenvalue weighted by molar-refractivity contribution is 0.181.